The first kappa shape index (κ1) is 13.8. The lowest BCUT2D eigenvalue weighted by molar-refractivity contribution is 0.470. The van der Waals surface area contributed by atoms with Crippen LogP contribution in [0.5, 0.6) is 0 Å². The van der Waals surface area contributed by atoms with Crippen LogP contribution in [0.15, 0.2) is 22.6 Å². The van der Waals surface area contributed by atoms with Gasteiger partial charge in [0.25, 0.3) is 6.01 Å². The third-order valence-corrected chi connectivity index (χ3v) is 5.18. The third kappa shape index (κ3) is 1.99. The molecule has 3 heterocycles. The van der Waals surface area contributed by atoms with Crippen LogP contribution in [0.1, 0.15) is 31.0 Å². The summed E-state index contributed by atoms with van der Waals surface area (Å²) in [6, 6.07) is 6.70. The summed E-state index contributed by atoms with van der Waals surface area (Å²) in [5.41, 5.74) is 11.7. The number of hydrogen-bond acceptors (Lipinski definition) is 6. The summed E-state index contributed by atoms with van der Waals surface area (Å²) in [7, 11) is 0. The van der Waals surface area contributed by atoms with Crippen molar-refractivity contribution in [2.24, 2.45) is 0 Å². The summed E-state index contributed by atoms with van der Waals surface area (Å²) < 4.78 is 5.49. The van der Waals surface area contributed by atoms with Gasteiger partial charge in [0.1, 0.15) is 5.52 Å². The maximum Gasteiger partial charge on any atom is 0.292 e. The molecule has 2 aliphatic rings. The quantitative estimate of drug-likeness (QED) is 0.781. The molecule has 2 aromatic heterocycles. The Labute approximate surface area is 139 Å². The van der Waals surface area contributed by atoms with Gasteiger partial charge in [-0.15, -0.1) is 0 Å². The zero-order valence-corrected chi connectivity index (χ0v) is 13.6. The standard InChI is InChI=1S/C18H19N5O/c1-10-7-8-23(10)18-21-13-4-2-3-12(13)16(22-18)11-5-6-14-15(9-11)24-17(19)20-14/h5-6,9-10H,2-4,7-8H2,1H3,(H2,19,20)/t10-/m0/s1. The molecule has 0 unspecified atom stereocenters. The maximum absolute atomic E-state index is 5.66. The minimum atomic E-state index is 0.199. The van der Waals surface area contributed by atoms with Gasteiger partial charge in [0.05, 0.1) is 5.69 Å². The zero-order chi connectivity index (χ0) is 16.3. The van der Waals surface area contributed by atoms with Crippen LogP contribution in [0, 0.1) is 0 Å². The first-order chi connectivity index (χ1) is 11.7. The summed E-state index contributed by atoms with van der Waals surface area (Å²) in [5, 5.41) is 0. The van der Waals surface area contributed by atoms with E-state index >= 15 is 0 Å². The molecule has 1 atom stereocenters. The number of rotatable bonds is 2. The van der Waals surface area contributed by atoms with Gasteiger partial charge in [-0.05, 0) is 44.7 Å². The Bertz CT molecular complexity index is 948. The molecule has 24 heavy (non-hydrogen) atoms. The predicted molar refractivity (Wildman–Crippen MR) is 92.9 cm³/mol. The van der Waals surface area contributed by atoms with Crippen molar-refractivity contribution >= 4 is 23.1 Å². The first-order valence-corrected chi connectivity index (χ1v) is 8.52. The highest BCUT2D eigenvalue weighted by molar-refractivity contribution is 5.81. The number of benzene rings is 1. The number of hydrogen-bond donors (Lipinski definition) is 1. The van der Waals surface area contributed by atoms with E-state index in [0.717, 1.165) is 48.5 Å². The summed E-state index contributed by atoms with van der Waals surface area (Å²) in [5.74, 6) is 0.863. The number of nitrogens with zero attached hydrogens (tertiary/aromatic N) is 4. The molecule has 6 nitrogen and oxygen atoms in total. The number of anilines is 2. The third-order valence-electron chi connectivity index (χ3n) is 5.18. The van der Waals surface area contributed by atoms with Crippen molar-refractivity contribution in [2.75, 3.05) is 17.2 Å². The molecule has 2 N–H and O–H groups in total. The van der Waals surface area contributed by atoms with Crippen molar-refractivity contribution in [3.05, 3.63) is 29.5 Å². The maximum atomic E-state index is 5.66. The highest BCUT2D eigenvalue weighted by Gasteiger charge is 2.29. The number of nitrogen functional groups attached to an aromatic ring is 1. The summed E-state index contributed by atoms with van der Waals surface area (Å²) in [4.78, 5) is 16.2. The Morgan fingerprint density at radius 2 is 2.12 bits per heavy atom. The molecule has 0 amide bonds. The Morgan fingerprint density at radius 3 is 2.92 bits per heavy atom. The molecule has 1 aromatic carbocycles. The Balaban J connectivity index is 1.67. The lowest BCUT2D eigenvalue weighted by Gasteiger charge is -2.39. The van der Waals surface area contributed by atoms with Gasteiger partial charge in [0.15, 0.2) is 5.58 Å². The Kier molecular flexibility index (Phi) is 2.83. The molecule has 3 aromatic rings. The zero-order valence-electron chi connectivity index (χ0n) is 13.6. The second-order valence-corrected chi connectivity index (χ2v) is 6.72. The first-order valence-electron chi connectivity index (χ1n) is 8.52. The van der Waals surface area contributed by atoms with E-state index in [2.05, 4.69) is 22.9 Å². The number of nitrogens with two attached hydrogens (primary N) is 1. The monoisotopic (exact) mass is 321 g/mol. The van der Waals surface area contributed by atoms with Crippen molar-refractivity contribution in [1.82, 2.24) is 15.0 Å². The van der Waals surface area contributed by atoms with E-state index in [-0.39, 0.29) is 6.01 Å². The van der Waals surface area contributed by atoms with Crippen LogP contribution >= 0.6 is 0 Å². The number of aromatic nitrogens is 3. The van der Waals surface area contributed by atoms with Crippen LogP contribution in [0.25, 0.3) is 22.4 Å². The average molecular weight is 321 g/mol. The molecule has 0 spiro atoms. The van der Waals surface area contributed by atoms with Gasteiger partial charge in [0.2, 0.25) is 5.95 Å². The van der Waals surface area contributed by atoms with E-state index in [0.29, 0.717) is 11.6 Å². The fourth-order valence-corrected chi connectivity index (χ4v) is 3.69. The van der Waals surface area contributed by atoms with E-state index in [4.69, 9.17) is 20.1 Å². The lowest BCUT2D eigenvalue weighted by Crippen LogP contribution is -2.46. The largest absolute Gasteiger partial charge is 0.424 e. The summed E-state index contributed by atoms with van der Waals surface area (Å²) in [6.45, 7) is 3.26. The molecule has 1 saturated heterocycles. The average Bonchev–Trinajstić information content (AvgIpc) is 3.16. The molecule has 1 aliphatic heterocycles. The molecule has 0 bridgehead atoms. The number of aryl methyl sites for hydroxylation is 1. The second kappa shape index (κ2) is 4.93. The van der Waals surface area contributed by atoms with E-state index in [1.807, 2.05) is 12.1 Å². The number of oxazole rings is 1. The van der Waals surface area contributed by atoms with Crippen LogP contribution in [0.4, 0.5) is 12.0 Å². The van der Waals surface area contributed by atoms with Gasteiger partial charge in [0, 0.05) is 29.4 Å². The van der Waals surface area contributed by atoms with Crippen LogP contribution in [-0.2, 0) is 12.8 Å². The van der Waals surface area contributed by atoms with Crippen LogP contribution in [0.3, 0.4) is 0 Å². The highest BCUT2D eigenvalue weighted by atomic mass is 16.4. The van der Waals surface area contributed by atoms with Gasteiger partial charge in [-0.1, -0.05) is 6.07 Å². The fourth-order valence-electron chi connectivity index (χ4n) is 3.69. The van der Waals surface area contributed by atoms with Gasteiger partial charge < -0.3 is 15.1 Å². The molecule has 6 heteroatoms. The van der Waals surface area contributed by atoms with Crippen molar-refractivity contribution in [3.63, 3.8) is 0 Å². The van der Waals surface area contributed by atoms with Crippen LogP contribution in [0.2, 0.25) is 0 Å². The second-order valence-electron chi connectivity index (χ2n) is 6.72. The molecular weight excluding hydrogens is 302 g/mol. The van der Waals surface area contributed by atoms with Crippen LogP contribution in [-0.4, -0.2) is 27.5 Å². The van der Waals surface area contributed by atoms with E-state index in [9.17, 15) is 0 Å². The molecule has 122 valence electrons. The van der Waals surface area contributed by atoms with E-state index < -0.39 is 0 Å². The van der Waals surface area contributed by atoms with Gasteiger partial charge in [-0.25, -0.2) is 9.97 Å². The summed E-state index contributed by atoms with van der Waals surface area (Å²) >= 11 is 0. The highest BCUT2D eigenvalue weighted by Crippen LogP contribution is 2.35. The smallest absolute Gasteiger partial charge is 0.292 e. The normalized spacial score (nSPS) is 19.5. The fraction of sp³-hybridized carbons (Fsp3) is 0.389. The van der Waals surface area contributed by atoms with Gasteiger partial charge in [-0.3, -0.25) is 0 Å². The van der Waals surface area contributed by atoms with Crippen molar-refractivity contribution in [3.8, 4) is 11.3 Å². The molecule has 0 radical (unpaired) electrons. The minimum Gasteiger partial charge on any atom is -0.424 e. The van der Waals surface area contributed by atoms with Gasteiger partial charge >= 0.3 is 0 Å². The topological polar surface area (TPSA) is 81.1 Å². The molecule has 1 aliphatic carbocycles. The van der Waals surface area contributed by atoms with Crippen molar-refractivity contribution in [1.29, 1.82) is 0 Å². The molecular formula is C18H19N5O. The molecule has 5 rings (SSSR count). The summed E-state index contributed by atoms with van der Waals surface area (Å²) in [6.07, 6.45) is 4.43. The Hall–Kier alpha value is -2.63. The SMILES string of the molecule is C[C@H]1CCN1c1nc2c(c(-c3ccc4nc(N)oc4c3)n1)CCC2. The minimum absolute atomic E-state index is 0.199. The molecule has 0 saturated carbocycles. The lowest BCUT2D eigenvalue weighted by atomic mass is 10.0. The predicted octanol–water partition coefficient (Wildman–Crippen LogP) is 2.95. The van der Waals surface area contributed by atoms with E-state index in [1.54, 1.807) is 0 Å². The number of fused-ring (bicyclic) bond motifs is 2. The van der Waals surface area contributed by atoms with Crippen LogP contribution < -0.4 is 10.6 Å². The van der Waals surface area contributed by atoms with E-state index in [1.165, 1.54) is 17.7 Å². The van der Waals surface area contributed by atoms with Crippen molar-refractivity contribution in [2.45, 2.75) is 38.6 Å². The molecule has 1 fully saturated rings. The van der Waals surface area contributed by atoms with Crippen molar-refractivity contribution < 1.29 is 4.42 Å². The van der Waals surface area contributed by atoms with Gasteiger partial charge in [-0.2, -0.15) is 4.98 Å². The Morgan fingerprint density at radius 1 is 1.21 bits per heavy atom.